The predicted octanol–water partition coefficient (Wildman–Crippen LogP) is 1.84. The fourth-order valence-electron chi connectivity index (χ4n) is 1.27. The standard InChI is InChI=1S/C10H14N4/c1-10(2,3)9-13-7-4-6(11)5-12-8(7)14-9/h4-5H,11H2,1-3H3,(H,12,13,14). The fraction of sp³-hybridized carbons (Fsp3) is 0.400. The molecule has 0 aliphatic heterocycles. The molecule has 0 radical (unpaired) electrons. The maximum absolute atomic E-state index is 5.63. The molecule has 0 aromatic carbocycles. The summed E-state index contributed by atoms with van der Waals surface area (Å²) < 4.78 is 0. The highest BCUT2D eigenvalue weighted by atomic mass is 15.0. The second-order valence-corrected chi connectivity index (χ2v) is 4.47. The van der Waals surface area contributed by atoms with Gasteiger partial charge in [0.05, 0.1) is 11.9 Å². The minimum Gasteiger partial charge on any atom is -0.397 e. The molecule has 0 aliphatic carbocycles. The van der Waals surface area contributed by atoms with Crippen LogP contribution in [0.2, 0.25) is 0 Å². The lowest BCUT2D eigenvalue weighted by Gasteiger charge is -2.13. The van der Waals surface area contributed by atoms with Crippen molar-refractivity contribution in [3.05, 3.63) is 18.1 Å². The summed E-state index contributed by atoms with van der Waals surface area (Å²) in [6.45, 7) is 6.32. The zero-order valence-electron chi connectivity index (χ0n) is 8.63. The fourth-order valence-corrected chi connectivity index (χ4v) is 1.27. The highest BCUT2D eigenvalue weighted by Gasteiger charge is 2.18. The Balaban J connectivity index is 2.63. The van der Waals surface area contributed by atoms with E-state index in [1.807, 2.05) is 6.07 Å². The lowest BCUT2D eigenvalue weighted by atomic mass is 9.96. The van der Waals surface area contributed by atoms with Crippen molar-refractivity contribution in [1.82, 2.24) is 15.0 Å². The summed E-state index contributed by atoms with van der Waals surface area (Å²) in [5.41, 5.74) is 7.90. The zero-order valence-corrected chi connectivity index (χ0v) is 8.63. The van der Waals surface area contributed by atoms with Gasteiger partial charge in [-0.05, 0) is 6.07 Å². The van der Waals surface area contributed by atoms with E-state index in [-0.39, 0.29) is 5.41 Å². The molecule has 74 valence electrons. The third kappa shape index (κ3) is 1.43. The number of H-pyrrole nitrogens is 1. The monoisotopic (exact) mass is 190 g/mol. The molecule has 0 bridgehead atoms. The first-order valence-electron chi connectivity index (χ1n) is 4.58. The number of hydrogen-bond donors (Lipinski definition) is 2. The number of hydrogen-bond acceptors (Lipinski definition) is 3. The normalized spacial score (nSPS) is 12.2. The summed E-state index contributed by atoms with van der Waals surface area (Å²) in [6, 6.07) is 1.83. The van der Waals surface area contributed by atoms with Gasteiger partial charge >= 0.3 is 0 Å². The van der Waals surface area contributed by atoms with Crippen LogP contribution in [0.5, 0.6) is 0 Å². The molecule has 0 saturated heterocycles. The van der Waals surface area contributed by atoms with Gasteiger partial charge < -0.3 is 10.7 Å². The second kappa shape index (κ2) is 2.70. The van der Waals surface area contributed by atoms with Gasteiger partial charge in [-0.1, -0.05) is 20.8 Å². The summed E-state index contributed by atoms with van der Waals surface area (Å²) in [7, 11) is 0. The van der Waals surface area contributed by atoms with Gasteiger partial charge in [0.15, 0.2) is 5.65 Å². The molecule has 2 aromatic rings. The molecule has 0 spiro atoms. The third-order valence-corrected chi connectivity index (χ3v) is 2.07. The van der Waals surface area contributed by atoms with Crippen LogP contribution in [0.4, 0.5) is 5.69 Å². The Kier molecular flexibility index (Phi) is 1.74. The summed E-state index contributed by atoms with van der Waals surface area (Å²) in [5.74, 6) is 0.936. The predicted molar refractivity (Wildman–Crippen MR) is 57.0 cm³/mol. The number of anilines is 1. The van der Waals surface area contributed by atoms with Crippen LogP contribution >= 0.6 is 0 Å². The van der Waals surface area contributed by atoms with Crippen molar-refractivity contribution >= 4 is 16.9 Å². The number of fused-ring (bicyclic) bond motifs is 1. The van der Waals surface area contributed by atoms with Crippen LogP contribution in [0, 0.1) is 0 Å². The first-order valence-corrected chi connectivity index (χ1v) is 4.58. The van der Waals surface area contributed by atoms with Gasteiger partial charge in [-0.2, -0.15) is 0 Å². The molecule has 0 fully saturated rings. The van der Waals surface area contributed by atoms with Crippen LogP contribution in [0.3, 0.4) is 0 Å². The summed E-state index contributed by atoms with van der Waals surface area (Å²) in [4.78, 5) is 11.8. The van der Waals surface area contributed by atoms with E-state index in [1.54, 1.807) is 6.20 Å². The Labute approximate surface area is 82.6 Å². The summed E-state index contributed by atoms with van der Waals surface area (Å²) >= 11 is 0. The number of aromatic amines is 1. The number of nitrogens with two attached hydrogens (primary N) is 1. The second-order valence-electron chi connectivity index (χ2n) is 4.47. The van der Waals surface area contributed by atoms with Crippen LogP contribution in [0.25, 0.3) is 11.2 Å². The molecule has 4 heteroatoms. The highest BCUT2D eigenvalue weighted by molar-refractivity contribution is 5.74. The van der Waals surface area contributed by atoms with Crippen LogP contribution in [0.15, 0.2) is 12.3 Å². The van der Waals surface area contributed by atoms with Crippen molar-refractivity contribution in [3.63, 3.8) is 0 Å². The number of pyridine rings is 1. The Morgan fingerprint density at radius 2 is 2.07 bits per heavy atom. The number of nitrogens with one attached hydrogen (secondary N) is 1. The van der Waals surface area contributed by atoms with E-state index in [0.29, 0.717) is 5.69 Å². The van der Waals surface area contributed by atoms with E-state index in [4.69, 9.17) is 5.73 Å². The molecule has 2 aromatic heterocycles. The van der Waals surface area contributed by atoms with Gasteiger partial charge in [-0.15, -0.1) is 0 Å². The van der Waals surface area contributed by atoms with E-state index in [9.17, 15) is 0 Å². The van der Waals surface area contributed by atoms with Crippen molar-refractivity contribution in [2.24, 2.45) is 0 Å². The molecular formula is C10H14N4. The number of nitrogen functional groups attached to an aromatic ring is 1. The van der Waals surface area contributed by atoms with Gasteiger partial charge in [0.2, 0.25) is 0 Å². The van der Waals surface area contributed by atoms with Crippen LogP contribution in [-0.4, -0.2) is 15.0 Å². The SMILES string of the molecule is CC(C)(C)c1nc2cc(N)cnc2[nH]1. The van der Waals surface area contributed by atoms with Crippen LogP contribution in [-0.2, 0) is 5.41 Å². The molecule has 4 nitrogen and oxygen atoms in total. The molecule has 0 amide bonds. The third-order valence-electron chi connectivity index (χ3n) is 2.07. The van der Waals surface area contributed by atoms with Crippen molar-refractivity contribution in [2.75, 3.05) is 5.73 Å². The molecular weight excluding hydrogens is 176 g/mol. The molecule has 2 heterocycles. The molecule has 3 N–H and O–H groups in total. The molecule has 0 atom stereocenters. The quantitative estimate of drug-likeness (QED) is 0.666. The van der Waals surface area contributed by atoms with Crippen LogP contribution < -0.4 is 5.73 Å². The first-order chi connectivity index (χ1) is 6.47. The van der Waals surface area contributed by atoms with Gasteiger partial charge in [-0.3, -0.25) is 0 Å². The van der Waals surface area contributed by atoms with Crippen LogP contribution in [0.1, 0.15) is 26.6 Å². The van der Waals surface area contributed by atoms with E-state index in [0.717, 1.165) is 17.0 Å². The van der Waals surface area contributed by atoms with Gasteiger partial charge in [0.25, 0.3) is 0 Å². The maximum atomic E-state index is 5.63. The minimum atomic E-state index is 0.00939. The molecule has 0 unspecified atom stereocenters. The van der Waals surface area contributed by atoms with Gasteiger partial charge in [0.1, 0.15) is 11.3 Å². The van der Waals surface area contributed by atoms with E-state index in [2.05, 4.69) is 35.7 Å². The van der Waals surface area contributed by atoms with Gasteiger partial charge in [0, 0.05) is 5.41 Å². The lowest BCUT2D eigenvalue weighted by Crippen LogP contribution is -2.12. The summed E-state index contributed by atoms with van der Waals surface area (Å²) in [5, 5.41) is 0. The first kappa shape index (κ1) is 8.99. The van der Waals surface area contributed by atoms with Crippen molar-refractivity contribution in [2.45, 2.75) is 26.2 Å². The maximum Gasteiger partial charge on any atom is 0.157 e. The Hall–Kier alpha value is -1.58. The average Bonchev–Trinajstić information content (AvgIpc) is 2.45. The largest absolute Gasteiger partial charge is 0.397 e. The Bertz CT molecular complexity index is 464. The highest BCUT2D eigenvalue weighted by Crippen LogP contribution is 2.21. The lowest BCUT2D eigenvalue weighted by molar-refractivity contribution is 0.554. The smallest absolute Gasteiger partial charge is 0.157 e. The number of rotatable bonds is 0. The minimum absolute atomic E-state index is 0.00939. The zero-order chi connectivity index (χ0) is 10.3. The van der Waals surface area contributed by atoms with Crippen molar-refractivity contribution < 1.29 is 0 Å². The number of imidazole rings is 1. The molecule has 0 aliphatic rings. The molecule has 14 heavy (non-hydrogen) atoms. The molecule has 0 saturated carbocycles. The van der Waals surface area contributed by atoms with Crippen molar-refractivity contribution in [3.8, 4) is 0 Å². The molecule has 2 rings (SSSR count). The number of aromatic nitrogens is 3. The topological polar surface area (TPSA) is 67.6 Å². The van der Waals surface area contributed by atoms with E-state index < -0.39 is 0 Å². The van der Waals surface area contributed by atoms with E-state index in [1.165, 1.54) is 0 Å². The number of nitrogens with zero attached hydrogens (tertiary/aromatic N) is 2. The van der Waals surface area contributed by atoms with Crippen molar-refractivity contribution in [1.29, 1.82) is 0 Å². The average molecular weight is 190 g/mol. The van der Waals surface area contributed by atoms with E-state index >= 15 is 0 Å². The Morgan fingerprint density at radius 3 is 2.71 bits per heavy atom. The summed E-state index contributed by atoms with van der Waals surface area (Å²) in [6.07, 6.45) is 1.63. The van der Waals surface area contributed by atoms with Gasteiger partial charge in [-0.25, -0.2) is 9.97 Å². The Morgan fingerprint density at radius 1 is 1.36 bits per heavy atom.